The van der Waals surface area contributed by atoms with E-state index < -0.39 is 0 Å². The van der Waals surface area contributed by atoms with E-state index in [2.05, 4.69) is 10.3 Å². The topological polar surface area (TPSA) is 66.2 Å². The molecule has 6 nitrogen and oxygen atoms in total. The molecule has 0 N–H and O–H groups in total. The predicted molar refractivity (Wildman–Crippen MR) is 112 cm³/mol. The van der Waals surface area contributed by atoms with Gasteiger partial charge in [-0.15, -0.1) is 5.10 Å². The van der Waals surface area contributed by atoms with Gasteiger partial charge in [-0.3, -0.25) is 4.79 Å². The zero-order valence-electron chi connectivity index (χ0n) is 16.1. The summed E-state index contributed by atoms with van der Waals surface area (Å²) in [6.45, 7) is 0. The minimum Gasteiger partial charge on any atom is -0.497 e. The maximum Gasteiger partial charge on any atom is 0.185 e. The van der Waals surface area contributed by atoms with Gasteiger partial charge in [0.15, 0.2) is 5.78 Å². The first-order valence-corrected chi connectivity index (χ1v) is 9.05. The van der Waals surface area contributed by atoms with Crippen molar-refractivity contribution in [3.63, 3.8) is 0 Å². The molecule has 3 aromatic carbocycles. The van der Waals surface area contributed by atoms with Gasteiger partial charge in [-0.2, -0.15) is 0 Å². The van der Waals surface area contributed by atoms with Gasteiger partial charge in [0.25, 0.3) is 0 Å². The molecule has 0 spiro atoms. The first kappa shape index (κ1) is 18.4. The molecular weight excluding hydrogens is 366 g/mol. The third-order valence-electron chi connectivity index (χ3n) is 4.60. The molecular formula is C23H19N3O3. The van der Waals surface area contributed by atoms with Crippen LogP contribution in [-0.4, -0.2) is 35.0 Å². The molecule has 0 amide bonds. The standard InChI is InChI=1S/C23H19N3O3/c1-28-19-12-14-23(29-2)17(15-19)9-13-22(27)16-7-10-18(11-8-16)26-21-6-4-3-5-20(21)24-25-26/h3-15H,1-2H3/b13-9+. The molecule has 144 valence electrons. The van der Waals surface area contributed by atoms with Crippen molar-refractivity contribution in [3.8, 4) is 17.2 Å². The quantitative estimate of drug-likeness (QED) is 0.365. The van der Waals surface area contributed by atoms with Crippen molar-refractivity contribution in [2.75, 3.05) is 14.2 Å². The first-order chi connectivity index (χ1) is 14.2. The number of ether oxygens (including phenoxy) is 2. The van der Waals surface area contributed by atoms with Crippen molar-refractivity contribution in [1.82, 2.24) is 15.0 Å². The number of aromatic nitrogens is 3. The second kappa shape index (κ2) is 7.98. The number of para-hydroxylation sites is 1. The lowest BCUT2D eigenvalue weighted by molar-refractivity contribution is 0.104. The van der Waals surface area contributed by atoms with Crippen LogP contribution in [0.15, 0.2) is 72.8 Å². The molecule has 0 radical (unpaired) electrons. The molecule has 4 rings (SSSR count). The molecule has 0 saturated carbocycles. The van der Waals surface area contributed by atoms with Gasteiger partial charge in [0.2, 0.25) is 0 Å². The van der Waals surface area contributed by atoms with Crippen LogP contribution in [0.4, 0.5) is 0 Å². The monoisotopic (exact) mass is 385 g/mol. The Bertz CT molecular complexity index is 1190. The Hall–Kier alpha value is -3.93. The highest BCUT2D eigenvalue weighted by Crippen LogP contribution is 2.25. The van der Waals surface area contributed by atoms with Crippen LogP contribution < -0.4 is 9.47 Å². The van der Waals surface area contributed by atoms with Crippen LogP contribution in [0.5, 0.6) is 11.5 Å². The lowest BCUT2D eigenvalue weighted by atomic mass is 10.1. The molecule has 0 bridgehead atoms. The van der Waals surface area contributed by atoms with Crippen LogP contribution >= 0.6 is 0 Å². The number of hydrogen-bond acceptors (Lipinski definition) is 5. The van der Waals surface area contributed by atoms with Crippen LogP contribution in [0.1, 0.15) is 15.9 Å². The molecule has 0 aliphatic heterocycles. The number of rotatable bonds is 6. The summed E-state index contributed by atoms with van der Waals surface area (Å²) in [5.41, 5.74) is 3.93. The molecule has 0 atom stereocenters. The SMILES string of the molecule is COc1ccc(OC)c(/C=C/C(=O)c2ccc(-n3nnc4ccccc43)cc2)c1. The van der Waals surface area contributed by atoms with Crippen molar-refractivity contribution < 1.29 is 14.3 Å². The van der Waals surface area contributed by atoms with Crippen LogP contribution in [0.25, 0.3) is 22.8 Å². The summed E-state index contributed by atoms with van der Waals surface area (Å²) in [5.74, 6) is 1.26. The molecule has 6 heteroatoms. The van der Waals surface area contributed by atoms with Gasteiger partial charge in [-0.1, -0.05) is 17.3 Å². The van der Waals surface area contributed by atoms with E-state index in [0.717, 1.165) is 22.3 Å². The maximum absolute atomic E-state index is 12.6. The predicted octanol–water partition coefficient (Wildman–Crippen LogP) is 4.33. The molecule has 29 heavy (non-hydrogen) atoms. The van der Waals surface area contributed by atoms with E-state index in [1.165, 1.54) is 6.08 Å². The summed E-state index contributed by atoms with van der Waals surface area (Å²) in [6, 6.07) is 20.4. The Balaban J connectivity index is 1.57. The summed E-state index contributed by atoms with van der Waals surface area (Å²) in [5, 5.41) is 8.35. The van der Waals surface area contributed by atoms with Crippen molar-refractivity contribution in [2.45, 2.75) is 0 Å². The molecule has 0 saturated heterocycles. The van der Waals surface area contributed by atoms with Crippen molar-refractivity contribution >= 4 is 22.9 Å². The Morgan fingerprint density at radius 3 is 2.52 bits per heavy atom. The molecule has 0 unspecified atom stereocenters. The lowest BCUT2D eigenvalue weighted by Crippen LogP contribution is -1.99. The summed E-state index contributed by atoms with van der Waals surface area (Å²) >= 11 is 0. The zero-order valence-corrected chi connectivity index (χ0v) is 16.1. The van der Waals surface area contributed by atoms with Crippen molar-refractivity contribution in [1.29, 1.82) is 0 Å². The normalized spacial score (nSPS) is 11.1. The number of hydrogen-bond donors (Lipinski definition) is 0. The van der Waals surface area contributed by atoms with E-state index in [-0.39, 0.29) is 5.78 Å². The number of nitrogens with zero attached hydrogens (tertiary/aromatic N) is 3. The van der Waals surface area contributed by atoms with Gasteiger partial charge in [-0.05, 0) is 66.7 Å². The fourth-order valence-electron chi connectivity index (χ4n) is 3.06. The zero-order chi connectivity index (χ0) is 20.2. The van der Waals surface area contributed by atoms with Gasteiger partial charge < -0.3 is 9.47 Å². The van der Waals surface area contributed by atoms with Gasteiger partial charge >= 0.3 is 0 Å². The minimum absolute atomic E-state index is 0.107. The van der Waals surface area contributed by atoms with Gasteiger partial charge in [-0.25, -0.2) is 4.68 Å². The Morgan fingerprint density at radius 2 is 1.76 bits per heavy atom. The van der Waals surface area contributed by atoms with E-state index in [1.54, 1.807) is 43.2 Å². The van der Waals surface area contributed by atoms with E-state index in [0.29, 0.717) is 17.1 Å². The number of benzene rings is 3. The summed E-state index contributed by atoms with van der Waals surface area (Å²) < 4.78 is 12.3. The minimum atomic E-state index is -0.107. The summed E-state index contributed by atoms with van der Waals surface area (Å²) in [7, 11) is 3.19. The number of fused-ring (bicyclic) bond motifs is 1. The average molecular weight is 385 g/mol. The number of methoxy groups -OCH3 is 2. The van der Waals surface area contributed by atoms with E-state index in [1.807, 2.05) is 48.5 Å². The maximum atomic E-state index is 12.6. The van der Waals surface area contributed by atoms with Crippen LogP contribution in [0.3, 0.4) is 0 Å². The van der Waals surface area contributed by atoms with Crippen molar-refractivity contribution in [3.05, 3.63) is 83.9 Å². The van der Waals surface area contributed by atoms with Gasteiger partial charge in [0, 0.05) is 11.1 Å². The highest BCUT2D eigenvalue weighted by molar-refractivity contribution is 6.07. The molecule has 4 aromatic rings. The highest BCUT2D eigenvalue weighted by Gasteiger charge is 2.08. The summed E-state index contributed by atoms with van der Waals surface area (Å²) in [4.78, 5) is 12.6. The highest BCUT2D eigenvalue weighted by atomic mass is 16.5. The number of carbonyl (C=O) groups excluding carboxylic acids is 1. The lowest BCUT2D eigenvalue weighted by Gasteiger charge is -2.07. The Labute approximate surface area is 168 Å². The number of ketones is 1. The third-order valence-corrected chi connectivity index (χ3v) is 4.60. The van der Waals surface area contributed by atoms with Crippen LogP contribution in [-0.2, 0) is 0 Å². The van der Waals surface area contributed by atoms with Gasteiger partial charge in [0.05, 0.1) is 25.4 Å². The molecule has 1 aromatic heterocycles. The first-order valence-electron chi connectivity index (χ1n) is 9.05. The second-order valence-electron chi connectivity index (χ2n) is 6.34. The largest absolute Gasteiger partial charge is 0.497 e. The number of allylic oxidation sites excluding steroid dienone is 1. The smallest absolute Gasteiger partial charge is 0.185 e. The van der Waals surface area contributed by atoms with E-state index in [9.17, 15) is 4.79 Å². The summed E-state index contributed by atoms with van der Waals surface area (Å²) in [6.07, 6.45) is 3.25. The van der Waals surface area contributed by atoms with Crippen LogP contribution in [0, 0.1) is 0 Å². The fourth-order valence-corrected chi connectivity index (χ4v) is 3.06. The van der Waals surface area contributed by atoms with Crippen molar-refractivity contribution in [2.24, 2.45) is 0 Å². The molecule has 0 fully saturated rings. The van der Waals surface area contributed by atoms with Crippen LogP contribution in [0.2, 0.25) is 0 Å². The van der Waals surface area contributed by atoms with E-state index >= 15 is 0 Å². The Morgan fingerprint density at radius 1 is 0.966 bits per heavy atom. The fraction of sp³-hybridized carbons (Fsp3) is 0.0870. The second-order valence-corrected chi connectivity index (χ2v) is 6.34. The number of carbonyl (C=O) groups is 1. The average Bonchev–Trinajstić information content (AvgIpc) is 3.21. The molecule has 1 heterocycles. The third kappa shape index (κ3) is 3.73. The Kier molecular flexibility index (Phi) is 5.07. The van der Waals surface area contributed by atoms with E-state index in [4.69, 9.17) is 9.47 Å². The molecule has 0 aliphatic rings. The molecule has 0 aliphatic carbocycles. The van der Waals surface area contributed by atoms with Gasteiger partial charge in [0.1, 0.15) is 17.0 Å².